The van der Waals surface area contributed by atoms with Crippen LogP contribution in [0, 0.1) is 0 Å². The molecular weight excluding hydrogens is 268 g/mol. The number of para-hydroxylation sites is 1. The van der Waals surface area contributed by atoms with Gasteiger partial charge in [0.1, 0.15) is 0 Å². The monoisotopic (exact) mass is 280 g/mol. The van der Waals surface area contributed by atoms with Crippen LogP contribution in [0.4, 0.5) is 11.5 Å². The Balaban J connectivity index is 1.95. The molecule has 2 aliphatic rings. The van der Waals surface area contributed by atoms with Crippen LogP contribution in [0.5, 0.6) is 0 Å². The predicted molar refractivity (Wildman–Crippen MR) is 75.5 cm³/mol. The number of carbonyl (C=O) groups is 2. The van der Waals surface area contributed by atoms with Gasteiger partial charge < -0.3 is 4.74 Å². The minimum absolute atomic E-state index is 0.283. The summed E-state index contributed by atoms with van der Waals surface area (Å²) in [5, 5.41) is 0. The number of nitrogens with zero attached hydrogens (tertiary/aromatic N) is 2. The Morgan fingerprint density at radius 2 is 1.86 bits per heavy atom. The van der Waals surface area contributed by atoms with E-state index in [1.54, 1.807) is 18.3 Å². The summed E-state index contributed by atoms with van der Waals surface area (Å²) in [6.45, 7) is 0.426. The van der Waals surface area contributed by atoms with E-state index < -0.39 is 5.60 Å². The number of ether oxygens (including phenoxy) is 1. The van der Waals surface area contributed by atoms with Gasteiger partial charge in [-0.2, -0.15) is 0 Å². The van der Waals surface area contributed by atoms with Crippen molar-refractivity contribution in [1.82, 2.24) is 4.98 Å². The number of rotatable bonds is 1. The summed E-state index contributed by atoms with van der Waals surface area (Å²) in [4.78, 5) is 31.2. The van der Waals surface area contributed by atoms with E-state index in [0.29, 0.717) is 30.1 Å². The second kappa shape index (κ2) is 4.23. The number of anilines is 2. The van der Waals surface area contributed by atoms with Crippen molar-refractivity contribution in [3.63, 3.8) is 0 Å². The standard InChI is InChI=1S/C16H12N2O3/c19-13-12-7-4-9-17-14(12)18(11-5-2-1-3-6-11)15(20)16(13)8-10-21-16/h1-7,9H,8,10H2. The van der Waals surface area contributed by atoms with Gasteiger partial charge in [0, 0.05) is 12.6 Å². The van der Waals surface area contributed by atoms with Crippen LogP contribution in [0.2, 0.25) is 0 Å². The first-order chi connectivity index (χ1) is 10.2. The van der Waals surface area contributed by atoms with Crippen LogP contribution in [0.1, 0.15) is 16.8 Å². The van der Waals surface area contributed by atoms with Crippen LogP contribution in [0.3, 0.4) is 0 Å². The highest BCUT2D eigenvalue weighted by Crippen LogP contribution is 2.42. The molecule has 2 aliphatic heterocycles. The van der Waals surface area contributed by atoms with E-state index in [1.165, 1.54) is 4.90 Å². The van der Waals surface area contributed by atoms with E-state index in [-0.39, 0.29) is 11.7 Å². The summed E-state index contributed by atoms with van der Waals surface area (Å²) in [5.41, 5.74) is -0.239. The van der Waals surface area contributed by atoms with E-state index in [2.05, 4.69) is 4.98 Å². The molecule has 1 unspecified atom stereocenters. The third-order valence-electron chi connectivity index (χ3n) is 3.98. The number of hydrogen-bond acceptors (Lipinski definition) is 4. The molecule has 5 heteroatoms. The molecule has 1 aromatic heterocycles. The van der Waals surface area contributed by atoms with E-state index in [1.807, 2.05) is 30.3 Å². The molecule has 2 aromatic rings. The molecule has 0 radical (unpaired) electrons. The highest BCUT2D eigenvalue weighted by Gasteiger charge is 2.59. The fourth-order valence-corrected chi connectivity index (χ4v) is 2.81. The van der Waals surface area contributed by atoms with Crippen molar-refractivity contribution in [3.8, 4) is 0 Å². The zero-order valence-electron chi connectivity index (χ0n) is 11.2. The predicted octanol–water partition coefficient (Wildman–Crippen LogP) is 2.10. The van der Waals surface area contributed by atoms with Crippen LogP contribution >= 0.6 is 0 Å². The maximum absolute atomic E-state index is 12.8. The molecule has 4 rings (SSSR count). The Hall–Kier alpha value is -2.53. The molecule has 1 aromatic carbocycles. The molecule has 0 bridgehead atoms. The van der Waals surface area contributed by atoms with E-state index >= 15 is 0 Å². The molecule has 104 valence electrons. The first kappa shape index (κ1) is 12.2. The van der Waals surface area contributed by atoms with Gasteiger partial charge >= 0.3 is 0 Å². The molecule has 1 amide bonds. The van der Waals surface area contributed by atoms with Gasteiger partial charge in [0.15, 0.2) is 5.82 Å². The van der Waals surface area contributed by atoms with Crippen molar-refractivity contribution in [1.29, 1.82) is 0 Å². The Bertz CT molecular complexity index is 738. The third-order valence-corrected chi connectivity index (χ3v) is 3.98. The lowest BCUT2D eigenvalue weighted by Crippen LogP contribution is -2.64. The first-order valence-corrected chi connectivity index (χ1v) is 6.77. The third kappa shape index (κ3) is 1.52. The molecule has 3 heterocycles. The quantitative estimate of drug-likeness (QED) is 0.751. The molecular formula is C16H12N2O3. The molecule has 0 N–H and O–H groups in total. The Morgan fingerprint density at radius 1 is 1.10 bits per heavy atom. The number of fused-ring (bicyclic) bond motifs is 1. The number of carbonyl (C=O) groups excluding carboxylic acids is 2. The fourth-order valence-electron chi connectivity index (χ4n) is 2.81. The average Bonchev–Trinajstić information content (AvgIpc) is 2.47. The molecule has 1 spiro atoms. The SMILES string of the molecule is O=C1c2cccnc2N(c2ccccc2)C(=O)C12CCO2. The number of Topliss-reactive ketones (excluding diaryl/α,β-unsaturated/α-hetero) is 1. The number of pyridine rings is 1. The zero-order valence-corrected chi connectivity index (χ0v) is 11.2. The summed E-state index contributed by atoms with van der Waals surface area (Å²) in [6.07, 6.45) is 2.00. The van der Waals surface area contributed by atoms with Gasteiger partial charge in [-0.05, 0) is 24.3 Å². The summed E-state index contributed by atoms with van der Waals surface area (Å²) in [5.74, 6) is -0.259. The molecule has 1 fully saturated rings. The molecule has 0 aliphatic carbocycles. The molecule has 5 nitrogen and oxygen atoms in total. The summed E-state index contributed by atoms with van der Waals surface area (Å²) >= 11 is 0. The van der Waals surface area contributed by atoms with Crippen molar-refractivity contribution in [3.05, 3.63) is 54.2 Å². The number of amides is 1. The van der Waals surface area contributed by atoms with E-state index in [0.717, 1.165) is 0 Å². The lowest BCUT2D eigenvalue weighted by atomic mass is 9.81. The van der Waals surface area contributed by atoms with Crippen LogP contribution in [-0.4, -0.2) is 28.9 Å². The lowest BCUT2D eigenvalue weighted by molar-refractivity contribution is -0.159. The summed E-state index contributed by atoms with van der Waals surface area (Å²) in [6, 6.07) is 12.6. The Labute approximate surface area is 121 Å². The van der Waals surface area contributed by atoms with Crippen LogP contribution in [-0.2, 0) is 9.53 Å². The van der Waals surface area contributed by atoms with Crippen molar-refractivity contribution in [2.45, 2.75) is 12.0 Å². The Morgan fingerprint density at radius 3 is 2.52 bits per heavy atom. The van der Waals surface area contributed by atoms with Gasteiger partial charge in [-0.3, -0.25) is 14.5 Å². The van der Waals surface area contributed by atoms with E-state index in [4.69, 9.17) is 4.74 Å². The fraction of sp³-hybridized carbons (Fsp3) is 0.188. The highest BCUT2D eigenvalue weighted by atomic mass is 16.5. The second-order valence-corrected chi connectivity index (χ2v) is 5.11. The Kier molecular flexibility index (Phi) is 2.46. The van der Waals surface area contributed by atoms with Gasteiger partial charge in [-0.25, -0.2) is 4.98 Å². The van der Waals surface area contributed by atoms with Crippen molar-refractivity contribution in [2.24, 2.45) is 0 Å². The molecule has 0 saturated carbocycles. The van der Waals surface area contributed by atoms with Crippen molar-refractivity contribution in [2.75, 3.05) is 11.5 Å². The topological polar surface area (TPSA) is 59.5 Å². The minimum Gasteiger partial charge on any atom is -0.357 e. The van der Waals surface area contributed by atoms with Gasteiger partial charge in [-0.15, -0.1) is 0 Å². The molecule has 1 saturated heterocycles. The van der Waals surface area contributed by atoms with Gasteiger partial charge in [0.2, 0.25) is 11.4 Å². The zero-order chi connectivity index (χ0) is 14.4. The summed E-state index contributed by atoms with van der Waals surface area (Å²) in [7, 11) is 0. The molecule has 21 heavy (non-hydrogen) atoms. The number of aromatic nitrogens is 1. The van der Waals surface area contributed by atoms with Crippen LogP contribution < -0.4 is 4.90 Å². The lowest BCUT2D eigenvalue weighted by Gasteiger charge is -2.45. The molecule has 1 atom stereocenters. The van der Waals surface area contributed by atoms with E-state index in [9.17, 15) is 9.59 Å². The normalized spacial score (nSPS) is 23.9. The second-order valence-electron chi connectivity index (χ2n) is 5.11. The number of hydrogen-bond donors (Lipinski definition) is 0. The van der Waals surface area contributed by atoms with Crippen LogP contribution in [0.25, 0.3) is 0 Å². The minimum atomic E-state index is -1.36. The average molecular weight is 280 g/mol. The smallest absolute Gasteiger partial charge is 0.273 e. The summed E-state index contributed by atoms with van der Waals surface area (Å²) < 4.78 is 5.42. The number of benzene rings is 1. The van der Waals surface area contributed by atoms with Gasteiger partial charge in [-0.1, -0.05) is 18.2 Å². The largest absolute Gasteiger partial charge is 0.357 e. The van der Waals surface area contributed by atoms with Gasteiger partial charge in [0.25, 0.3) is 5.91 Å². The highest BCUT2D eigenvalue weighted by molar-refractivity contribution is 6.29. The van der Waals surface area contributed by atoms with Crippen molar-refractivity contribution >= 4 is 23.2 Å². The maximum Gasteiger partial charge on any atom is 0.273 e. The van der Waals surface area contributed by atoms with Crippen LogP contribution in [0.15, 0.2) is 48.7 Å². The maximum atomic E-state index is 12.8. The van der Waals surface area contributed by atoms with Crippen molar-refractivity contribution < 1.29 is 14.3 Å². The number of ketones is 1. The first-order valence-electron chi connectivity index (χ1n) is 6.77. The van der Waals surface area contributed by atoms with Gasteiger partial charge in [0.05, 0.1) is 17.9 Å².